The molecule has 0 heterocycles. The molecule has 1 aromatic rings. The Morgan fingerprint density at radius 1 is 1.25 bits per heavy atom. The van der Waals surface area contributed by atoms with Gasteiger partial charge in [0.05, 0.1) is 6.10 Å². The fourth-order valence-corrected chi connectivity index (χ4v) is 3.44. The number of allylic oxidation sites excluding steroid dienone is 1. The number of hydrogen-bond acceptors (Lipinski definition) is 2. The van der Waals surface area contributed by atoms with E-state index in [4.69, 9.17) is 23.2 Å². The normalized spacial score (nSPS) is 19.6. The number of halogens is 2. The maximum absolute atomic E-state index is 11.7. The Morgan fingerprint density at radius 2 is 1.85 bits per heavy atom. The third kappa shape index (κ3) is 3.63. The Hall–Kier alpha value is -0.830. The standard InChI is InChI=1S/C16H18Cl2O2/c1-16(2)8-10(6-11(19)9-16)7-14(20)15-12(17)4-3-5-13(15)18/h3-6,14,20H,7-9H2,1-2H3. The molecular formula is C16H18Cl2O2. The average Bonchev–Trinajstić information content (AvgIpc) is 2.25. The van der Waals surface area contributed by atoms with Gasteiger partial charge in [-0.25, -0.2) is 0 Å². The molecule has 0 saturated heterocycles. The lowest BCUT2D eigenvalue weighted by Crippen LogP contribution is -2.22. The fraction of sp³-hybridized carbons (Fsp3) is 0.438. The van der Waals surface area contributed by atoms with E-state index in [0.717, 1.165) is 12.0 Å². The molecule has 0 radical (unpaired) electrons. The van der Waals surface area contributed by atoms with Crippen molar-refractivity contribution in [2.75, 3.05) is 0 Å². The van der Waals surface area contributed by atoms with Crippen LogP contribution in [0.15, 0.2) is 29.8 Å². The summed E-state index contributed by atoms with van der Waals surface area (Å²) in [7, 11) is 0. The van der Waals surface area contributed by atoms with Gasteiger partial charge in [-0.2, -0.15) is 0 Å². The topological polar surface area (TPSA) is 37.3 Å². The Kier molecular flexibility index (Phi) is 4.58. The minimum Gasteiger partial charge on any atom is -0.388 e. The summed E-state index contributed by atoms with van der Waals surface area (Å²) in [5.74, 6) is 0.119. The summed E-state index contributed by atoms with van der Waals surface area (Å²) in [5, 5.41) is 11.3. The van der Waals surface area contributed by atoms with Crippen LogP contribution in [0.5, 0.6) is 0 Å². The predicted octanol–water partition coefficient (Wildman–Crippen LogP) is 4.73. The van der Waals surface area contributed by atoms with Crippen LogP contribution >= 0.6 is 23.2 Å². The van der Waals surface area contributed by atoms with E-state index in [9.17, 15) is 9.90 Å². The highest BCUT2D eigenvalue weighted by Crippen LogP contribution is 2.39. The number of rotatable bonds is 3. The van der Waals surface area contributed by atoms with Gasteiger partial charge in [-0.3, -0.25) is 4.79 Å². The summed E-state index contributed by atoms with van der Waals surface area (Å²) in [6, 6.07) is 5.15. The number of aliphatic hydroxyl groups is 1. The van der Waals surface area contributed by atoms with Gasteiger partial charge in [-0.15, -0.1) is 0 Å². The summed E-state index contributed by atoms with van der Waals surface area (Å²) < 4.78 is 0. The molecule has 1 aromatic carbocycles. The van der Waals surface area contributed by atoms with Crippen LogP contribution in [0.1, 0.15) is 44.8 Å². The zero-order chi connectivity index (χ0) is 14.9. The van der Waals surface area contributed by atoms with E-state index in [1.807, 2.05) is 0 Å². The van der Waals surface area contributed by atoms with Gasteiger partial charge in [0.25, 0.3) is 0 Å². The van der Waals surface area contributed by atoms with Crippen LogP contribution in [0, 0.1) is 5.41 Å². The van der Waals surface area contributed by atoms with Crippen LogP contribution in [-0.4, -0.2) is 10.9 Å². The van der Waals surface area contributed by atoms with Crippen molar-refractivity contribution >= 4 is 29.0 Å². The minimum atomic E-state index is -0.788. The number of carbonyl (C=O) groups excluding carboxylic acids is 1. The highest BCUT2D eigenvalue weighted by Gasteiger charge is 2.29. The second kappa shape index (κ2) is 5.88. The SMILES string of the molecule is CC1(C)CC(=O)C=C(CC(O)c2c(Cl)cccc2Cl)C1. The minimum absolute atomic E-state index is 0.0504. The zero-order valence-corrected chi connectivity index (χ0v) is 13.1. The van der Waals surface area contributed by atoms with Gasteiger partial charge in [0.1, 0.15) is 0 Å². The molecule has 1 unspecified atom stereocenters. The van der Waals surface area contributed by atoms with Crippen LogP contribution in [0.25, 0.3) is 0 Å². The Bertz CT molecular complexity index is 541. The smallest absolute Gasteiger partial charge is 0.156 e. The first-order chi connectivity index (χ1) is 9.28. The molecule has 0 aromatic heterocycles. The van der Waals surface area contributed by atoms with Gasteiger partial charge in [0.2, 0.25) is 0 Å². The van der Waals surface area contributed by atoms with Crippen molar-refractivity contribution in [3.63, 3.8) is 0 Å². The first kappa shape index (κ1) is 15.6. The number of hydrogen-bond donors (Lipinski definition) is 1. The molecule has 108 valence electrons. The number of benzene rings is 1. The lowest BCUT2D eigenvalue weighted by Gasteiger charge is -2.30. The summed E-state index contributed by atoms with van der Waals surface area (Å²) in [6.45, 7) is 4.12. The van der Waals surface area contributed by atoms with E-state index in [2.05, 4.69) is 13.8 Å². The van der Waals surface area contributed by atoms with E-state index < -0.39 is 6.10 Å². The van der Waals surface area contributed by atoms with E-state index in [1.54, 1.807) is 24.3 Å². The van der Waals surface area contributed by atoms with Crippen molar-refractivity contribution in [1.29, 1.82) is 0 Å². The van der Waals surface area contributed by atoms with Gasteiger partial charge in [0.15, 0.2) is 5.78 Å². The molecule has 0 bridgehead atoms. The molecule has 1 atom stereocenters. The van der Waals surface area contributed by atoms with Gasteiger partial charge < -0.3 is 5.11 Å². The lowest BCUT2D eigenvalue weighted by atomic mass is 9.75. The average molecular weight is 313 g/mol. The molecule has 0 amide bonds. The first-order valence-corrected chi connectivity index (χ1v) is 7.38. The second-order valence-electron chi connectivity index (χ2n) is 6.14. The van der Waals surface area contributed by atoms with Crippen molar-refractivity contribution < 1.29 is 9.90 Å². The molecule has 2 nitrogen and oxygen atoms in total. The highest BCUT2D eigenvalue weighted by atomic mass is 35.5. The molecule has 0 saturated carbocycles. The van der Waals surface area contributed by atoms with Crippen molar-refractivity contribution in [1.82, 2.24) is 0 Å². The summed E-state index contributed by atoms with van der Waals surface area (Å²) in [4.78, 5) is 11.7. The molecule has 0 aliphatic heterocycles. The van der Waals surface area contributed by atoms with Crippen LogP contribution in [0.3, 0.4) is 0 Å². The van der Waals surface area contributed by atoms with Gasteiger partial charge in [-0.1, -0.05) is 48.7 Å². The largest absolute Gasteiger partial charge is 0.388 e. The molecule has 4 heteroatoms. The van der Waals surface area contributed by atoms with Gasteiger partial charge >= 0.3 is 0 Å². The number of aliphatic hydroxyl groups excluding tert-OH is 1. The highest BCUT2D eigenvalue weighted by molar-refractivity contribution is 6.36. The van der Waals surface area contributed by atoms with E-state index in [-0.39, 0.29) is 11.2 Å². The van der Waals surface area contributed by atoms with Crippen molar-refractivity contribution in [3.8, 4) is 0 Å². The molecule has 0 fully saturated rings. The monoisotopic (exact) mass is 312 g/mol. The quantitative estimate of drug-likeness (QED) is 0.875. The van der Waals surface area contributed by atoms with Crippen molar-refractivity contribution in [2.45, 2.75) is 39.2 Å². The van der Waals surface area contributed by atoms with Gasteiger partial charge in [0, 0.05) is 22.0 Å². The first-order valence-electron chi connectivity index (χ1n) is 6.63. The van der Waals surface area contributed by atoms with Crippen LogP contribution in [0.2, 0.25) is 10.0 Å². The Balaban J connectivity index is 2.20. The Labute approximate surface area is 129 Å². The predicted molar refractivity (Wildman–Crippen MR) is 82.1 cm³/mol. The molecule has 1 aliphatic rings. The van der Waals surface area contributed by atoms with Crippen LogP contribution < -0.4 is 0 Å². The Morgan fingerprint density at radius 3 is 2.40 bits per heavy atom. The molecule has 20 heavy (non-hydrogen) atoms. The molecule has 0 spiro atoms. The van der Waals surface area contributed by atoms with E-state index >= 15 is 0 Å². The van der Waals surface area contributed by atoms with Crippen molar-refractivity contribution in [2.24, 2.45) is 5.41 Å². The third-order valence-corrected chi connectivity index (χ3v) is 4.17. The van der Waals surface area contributed by atoms with Crippen LogP contribution in [-0.2, 0) is 4.79 Å². The number of carbonyl (C=O) groups is 1. The maximum Gasteiger partial charge on any atom is 0.156 e. The maximum atomic E-state index is 11.7. The fourth-order valence-electron chi connectivity index (χ4n) is 2.79. The third-order valence-electron chi connectivity index (χ3n) is 3.51. The summed E-state index contributed by atoms with van der Waals surface area (Å²) >= 11 is 12.2. The summed E-state index contributed by atoms with van der Waals surface area (Å²) in [6.07, 6.45) is 2.61. The number of ketones is 1. The van der Waals surface area contributed by atoms with Gasteiger partial charge in [-0.05, 0) is 36.5 Å². The lowest BCUT2D eigenvalue weighted by molar-refractivity contribution is -0.117. The summed E-state index contributed by atoms with van der Waals surface area (Å²) in [5.41, 5.74) is 1.44. The molecule has 2 rings (SSSR count). The van der Waals surface area contributed by atoms with E-state index in [1.165, 1.54) is 0 Å². The second-order valence-corrected chi connectivity index (χ2v) is 6.96. The van der Waals surface area contributed by atoms with E-state index in [0.29, 0.717) is 28.5 Å². The van der Waals surface area contributed by atoms with Crippen LogP contribution in [0.4, 0.5) is 0 Å². The molecule has 1 aliphatic carbocycles. The molecule has 1 N–H and O–H groups in total. The molecular weight excluding hydrogens is 295 g/mol. The van der Waals surface area contributed by atoms with Crippen molar-refractivity contribution in [3.05, 3.63) is 45.5 Å². The zero-order valence-electron chi connectivity index (χ0n) is 11.6.